The van der Waals surface area contributed by atoms with Crippen molar-refractivity contribution in [2.45, 2.75) is 34.6 Å². The van der Waals surface area contributed by atoms with Gasteiger partial charge in [-0.25, -0.2) is 9.97 Å². The SMILES string of the molecule is Cc1cc(C)c(B(c2nc3c4ccccc4ccn3c2C)c2nc3c4ccccc4ccn3c2C)c(C)c1. The first-order valence-electron chi connectivity index (χ1n) is 13.2. The van der Waals surface area contributed by atoms with Crippen LogP contribution in [0.25, 0.3) is 32.8 Å². The van der Waals surface area contributed by atoms with Crippen molar-refractivity contribution in [3.8, 4) is 0 Å². The quantitative estimate of drug-likeness (QED) is 0.312. The van der Waals surface area contributed by atoms with Gasteiger partial charge in [0.25, 0.3) is 6.71 Å². The van der Waals surface area contributed by atoms with Gasteiger partial charge >= 0.3 is 0 Å². The molecule has 0 aliphatic rings. The molecule has 0 radical (unpaired) electrons. The molecule has 0 spiro atoms. The van der Waals surface area contributed by atoms with Crippen LogP contribution in [0.2, 0.25) is 0 Å². The van der Waals surface area contributed by atoms with Gasteiger partial charge in [0.05, 0.1) is 0 Å². The molecule has 0 atom stereocenters. The molecule has 184 valence electrons. The van der Waals surface area contributed by atoms with Gasteiger partial charge in [-0.2, -0.15) is 0 Å². The van der Waals surface area contributed by atoms with Crippen molar-refractivity contribution in [2.24, 2.45) is 0 Å². The number of nitrogens with zero attached hydrogens (tertiary/aromatic N) is 4. The van der Waals surface area contributed by atoms with Crippen LogP contribution in [-0.4, -0.2) is 25.5 Å². The maximum Gasteiger partial charge on any atom is 0.293 e. The highest BCUT2D eigenvalue weighted by molar-refractivity contribution is 6.95. The molecule has 4 aromatic heterocycles. The summed E-state index contributed by atoms with van der Waals surface area (Å²) < 4.78 is 4.48. The van der Waals surface area contributed by atoms with Gasteiger partial charge in [0.2, 0.25) is 0 Å². The zero-order valence-corrected chi connectivity index (χ0v) is 22.4. The summed E-state index contributed by atoms with van der Waals surface area (Å²) in [5.41, 5.74) is 11.5. The Bertz CT molecular complexity index is 1900. The molecule has 7 aromatic rings. The van der Waals surface area contributed by atoms with Crippen LogP contribution >= 0.6 is 0 Å². The number of pyridine rings is 2. The Morgan fingerprint density at radius 1 is 0.579 bits per heavy atom. The first-order valence-corrected chi connectivity index (χ1v) is 13.2. The van der Waals surface area contributed by atoms with Crippen molar-refractivity contribution in [1.29, 1.82) is 0 Å². The van der Waals surface area contributed by atoms with Gasteiger partial charge in [-0.1, -0.05) is 82.8 Å². The number of aryl methyl sites for hydroxylation is 5. The molecule has 0 fully saturated rings. The Hall–Kier alpha value is -4.38. The highest BCUT2D eigenvalue weighted by atomic mass is 15.0. The number of imidazole rings is 2. The third-order valence-electron chi connectivity index (χ3n) is 8.16. The minimum atomic E-state index is -0.0899. The zero-order valence-electron chi connectivity index (χ0n) is 22.4. The maximum atomic E-state index is 5.39. The Balaban J connectivity index is 1.59. The van der Waals surface area contributed by atoms with Gasteiger partial charge < -0.3 is 8.80 Å². The van der Waals surface area contributed by atoms with Crippen molar-refractivity contribution < 1.29 is 0 Å². The largest absolute Gasteiger partial charge is 0.304 e. The zero-order chi connectivity index (χ0) is 26.1. The molecular formula is C33H29BN4. The topological polar surface area (TPSA) is 34.6 Å². The van der Waals surface area contributed by atoms with E-state index in [1.54, 1.807) is 0 Å². The Morgan fingerprint density at radius 2 is 1.03 bits per heavy atom. The normalized spacial score (nSPS) is 11.8. The molecule has 0 unspecified atom stereocenters. The van der Waals surface area contributed by atoms with E-state index in [0.29, 0.717) is 0 Å². The molecule has 0 aliphatic heterocycles. The molecule has 0 N–H and O–H groups in total. The van der Waals surface area contributed by atoms with Crippen LogP contribution in [0.3, 0.4) is 0 Å². The van der Waals surface area contributed by atoms with E-state index in [0.717, 1.165) is 44.6 Å². The summed E-state index contributed by atoms with van der Waals surface area (Å²) in [6, 6.07) is 25.9. The fraction of sp³-hybridized carbons (Fsp3) is 0.152. The number of benzene rings is 3. The van der Waals surface area contributed by atoms with Crippen molar-refractivity contribution in [1.82, 2.24) is 18.8 Å². The summed E-state index contributed by atoms with van der Waals surface area (Å²) in [6.07, 6.45) is 4.30. The highest BCUT2D eigenvalue weighted by Crippen LogP contribution is 2.22. The molecular weight excluding hydrogens is 463 g/mol. The van der Waals surface area contributed by atoms with Crippen LogP contribution in [0.15, 0.2) is 85.2 Å². The summed E-state index contributed by atoms with van der Waals surface area (Å²) in [5.74, 6) is 0. The minimum absolute atomic E-state index is 0.0899. The van der Waals surface area contributed by atoms with Crippen LogP contribution in [0.1, 0.15) is 28.1 Å². The van der Waals surface area contributed by atoms with Crippen LogP contribution in [0.5, 0.6) is 0 Å². The summed E-state index contributed by atoms with van der Waals surface area (Å²) in [4.78, 5) is 10.8. The van der Waals surface area contributed by atoms with Crippen LogP contribution in [0.4, 0.5) is 0 Å². The predicted molar refractivity (Wildman–Crippen MR) is 160 cm³/mol. The number of fused-ring (bicyclic) bond motifs is 6. The second kappa shape index (κ2) is 8.32. The van der Waals surface area contributed by atoms with Gasteiger partial charge in [0.1, 0.15) is 11.3 Å². The lowest BCUT2D eigenvalue weighted by Crippen LogP contribution is -2.57. The van der Waals surface area contributed by atoms with E-state index < -0.39 is 0 Å². The molecule has 0 bridgehead atoms. The smallest absolute Gasteiger partial charge is 0.293 e. The number of hydrogen-bond donors (Lipinski definition) is 0. The second-order valence-corrected chi connectivity index (χ2v) is 10.6. The number of aromatic nitrogens is 4. The molecule has 0 saturated heterocycles. The van der Waals surface area contributed by atoms with Crippen LogP contribution in [-0.2, 0) is 0 Å². The average Bonchev–Trinajstić information content (AvgIpc) is 3.43. The van der Waals surface area contributed by atoms with E-state index in [9.17, 15) is 0 Å². The third kappa shape index (κ3) is 3.24. The molecule has 4 heterocycles. The van der Waals surface area contributed by atoms with E-state index in [4.69, 9.17) is 9.97 Å². The molecule has 0 saturated carbocycles. The van der Waals surface area contributed by atoms with Gasteiger partial charge in [-0.15, -0.1) is 0 Å². The lowest BCUT2D eigenvalue weighted by molar-refractivity contribution is 1.12. The van der Waals surface area contributed by atoms with E-state index in [-0.39, 0.29) is 6.71 Å². The van der Waals surface area contributed by atoms with E-state index in [1.807, 2.05) is 0 Å². The van der Waals surface area contributed by atoms with Gasteiger partial charge in [0.15, 0.2) is 0 Å². The van der Waals surface area contributed by atoms with E-state index >= 15 is 0 Å². The molecule has 0 aliphatic carbocycles. The van der Waals surface area contributed by atoms with E-state index in [2.05, 4.69) is 129 Å². The average molecular weight is 492 g/mol. The van der Waals surface area contributed by atoms with Gasteiger partial charge in [0, 0.05) is 45.7 Å². The summed E-state index contributed by atoms with van der Waals surface area (Å²) in [5, 5.41) is 4.73. The first-order chi connectivity index (χ1) is 18.4. The van der Waals surface area contributed by atoms with Crippen molar-refractivity contribution >= 4 is 56.2 Å². The molecule has 4 nitrogen and oxygen atoms in total. The van der Waals surface area contributed by atoms with E-state index in [1.165, 1.54) is 32.9 Å². The summed E-state index contributed by atoms with van der Waals surface area (Å²) in [6.45, 7) is 10.9. The van der Waals surface area contributed by atoms with Crippen molar-refractivity contribution in [3.05, 3.63) is 113 Å². The van der Waals surface area contributed by atoms with Crippen molar-refractivity contribution in [2.75, 3.05) is 0 Å². The standard InChI is InChI=1S/C33H29BN4/c1-20-18-21(2)29(22(3)19-20)34(30-23(4)37-16-14-25-10-6-8-12-27(25)32(37)35-30)31-24(5)38-17-15-26-11-7-9-13-28(26)33(38)36-31/h6-19H,1-5H3. The Morgan fingerprint density at radius 3 is 1.50 bits per heavy atom. The van der Waals surface area contributed by atoms with Gasteiger partial charge in [-0.05, 0) is 57.5 Å². The summed E-state index contributed by atoms with van der Waals surface area (Å²) >= 11 is 0. The molecule has 5 heteroatoms. The van der Waals surface area contributed by atoms with Crippen molar-refractivity contribution in [3.63, 3.8) is 0 Å². The maximum absolute atomic E-state index is 5.39. The number of hydrogen-bond acceptors (Lipinski definition) is 2. The lowest BCUT2D eigenvalue weighted by Gasteiger charge is -2.18. The second-order valence-electron chi connectivity index (χ2n) is 10.6. The number of rotatable bonds is 3. The Kier molecular flexibility index (Phi) is 4.99. The third-order valence-corrected chi connectivity index (χ3v) is 8.16. The Labute approximate surface area is 222 Å². The predicted octanol–water partition coefficient (Wildman–Crippen LogP) is 5.35. The fourth-order valence-electron chi connectivity index (χ4n) is 6.41. The highest BCUT2D eigenvalue weighted by Gasteiger charge is 2.34. The summed E-state index contributed by atoms with van der Waals surface area (Å²) in [7, 11) is 0. The lowest BCUT2D eigenvalue weighted by atomic mass is 9.38. The molecule has 7 rings (SSSR count). The molecule has 38 heavy (non-hydrogen) atoms. The monoisotopic (exact) mass is 492 g/mol. The fourth-order valence-corrected chi connectivity index (χ4v) is 6.41. The van der Waals surface area contributed by atoms with Crippen LogP contribution in [0, 0.1) is 34.6 Å². The minimum Gasteiger partial charge on any atom is -0.304 e. The molecule has 3 aromatic carbocycles. The van der Waals surface area contributed by atoms with Gasteiger partial charge in [-0.3, -0.25) is 0 Å². The van der Waals surface area contributed by atoms with Crippen LogP contribution < -0.4 is 16.6 Å². The molecule has 0 amide bonds. The first kappa shape index (κ1) is 22.8.